The first-order valence-electron chi connectivity index (χ1n) is 15.0. The molecular formula is C38H28N6O. The lowest BCUT2D eigenvalue weighted by molar-refractivity contribution is 0.463. The van der Waals surface area contributed by atoms with Crippen molar-refractivity contribution in [3.8, 4) is 23.3 Å². The lowest BCUT2D eigenvalue weighted by Crippen LogP contribution is -2.23. The average molecular weight is 585 g/mol. The molecule has 0 spiro atoms. The van der Waals surface area contributed by atoms with Crippen molar-refractivity contribution >= 4 is 49.9 Å². The molecule has 4 heterocycles. The highest BCUT2D eigenvalue weighted by Gasteiger charge is 2.25. The van der Waals surface area contributed by atoms with Crippen molar-refractivity contribution in [1.29, 1.82) is 0 Å². The van der Waals surface area contributed by atoms with E-state index in [-0.39, 0.29) is 0 Å². The maximum absolute atomic E-state index is 6.47. The maximum Gasteiger partial charge on any atom is 0.221 e. The Kier molecular flexibility index (Phi) is 5.65. The second-order valence-electron chi connectivity index (χ2n) is 11.3. The highest BCUT2D eigenvalue weighted by atomic mass is 16.5. The van der Waals surface area contributed by atoms with Gasteiger partial charge in [-0.25, -0.2) is 9.97 Å². The van der Waals surface area contributed by atoms with Crippen molar-refractivity contribution in [3.63, 3.8) is 0 Å². The molecule has 0 aliphatic carbocycles. The van der Waals surface area contributed by atoms with Crippen molar-refractivity contribution in [1.82, 2.24) is 19.1 Å². The minimum Gasteiger partial charge on any atom is -0.439 e. The molecule has 0 saturated carbocycles. The van der Waals surface area contributed by atoms with Crippen LogP contribution in [0.4, 0.5) is 17.1 Å². The summed E-state index contributed by atoms with van der Waals surface area (Å²) in [5, 5.41) is 2.28. The molecule has 0 bridgehead atoms. The van der Waals surface area contributed by atoms with E-state index in [0.29, 0.717) is 11.6 Å². The fourth-order valence-corrected chi connectivity index (χ4v) is 6.57. The monoisotopic (exact) mass is 584 g/mol. The summed E-state index contributed by atoms with van der Waals surface area (Å²) in [4.78, 5) is 14.3. The van der Waals surface area contributed by atoms with Gasteiger partial charge in [0.15, 0.2) is 0 Å². The lowest BCUT2D eigenvalue weighted by Gasteiger charge is -2.20. The Morgan fingerprint density at radius 3 is 2.22 bits per heavy atom. The third-order valence-electron chi connectivity index (χ3n) is 8.59. The second kappa shape index (κ2) is 9.99. The van der Waals surface area contributed by atoms with Crippen LogP contribution in [0.1, 0.15) is 0 Å². The molecular weight excluding hydrogens is 556 g/mol. The number of hydrogen-bond donors (Lipinski definition) is 0. The Morgan fingerprint density at radius 1 is 0.600 bits per heavy atom. The molecule has 7 nitrogen and oxygen atoms in total. The van der Waals surface area contributed by atoms with Crippen molar-refractivity contribution in [2.75, 3.05) is 23.5 Å². The Balaban J connectivity index is 1.18. The zero-order chi connectivity index (χ0) is 29.9. The van der Waals surface area contributed by atoms with Gasteiger partial charge in [0, 0.05) is 47.5 Å². The molecule has 9 rings (SSSR count). The van der Waals surface area contributed by atoms with Gasteiger partial charge in [-0.2, -0.15) is 0 Å². The zero-order valence-corrected chi connectivity index (χ0v) is 24.6. The van der Waals surface area contributed by atoms with E-state index in [1.54, 1.807) is 0 Å². The number of hydrogen-bond acceptors (Lipinski definition) is 5. The van der Waals surface area contributed by atoms with Crippen molar-refractivity contribution in [2.45, 2.75) is 0 Å². The van der Waals surface area contributed by atoms with Crippen molar-refractivity contribution < 1.29 is 4.74 Å². The molecule has 0 fully saturated rings. The van der Waals surface area contributed by atoms with E-state index in [1.807, 2.05) is 36.5 Å². The van der Waals surface area contributed by atoms with Gasteiger partial charge in [-0.05, 0) is 60.7 Å². The van der Waals surface area contributed by atoms with Crippen LogP contribution >= 0.6 is 0 Å². The molecule has 0 N–H and O–H groups in total. The summed E-state index contributed by atoms with van der Waals surface area (Å²) in [6.07, 6.45) is 1.81. The van der Waals surface area contributed by atoms with E-state index in [0.717, 1.165) is 56.8 Å². The van der Waals surface area contributed by atoms with Crippen LogP contribution in [0.15, 0.2) is 140 Å². The van der Waals surface area contributed by atoms with Crippen LogP contribution in [0.25, 0.3) is 44.5 Å². The highest BCUT2D eigenvalue weighted by molar-refractivity contribution is 6.09. The number of aromatic nitrogens is 4. The highest BCUT2D eigenvalue weighted by Crippen LogP contribution is 2.41. The number of benzene rings is 5. The summed E-state index contributed by atoms with van der Waals surface area (Å²) in [5.74, 6) is 2.07. The van der Waals surface area contributed by atoms with Crippen molar-refractivity contribution in [3.05, 3.63) is 140 Å². The first-order valence-corrected chi connectivity index (χ1v) is 15.0. The molecule has 8 aromatic rings. The van der Waals surface area contributed by atoms with Gasteiger partial charge < -0.3 is 14.5 Å². The topological polar surface area (TPSA) is 51.4 Å². The third-order valence-corrected chi connectivity index (χ3v) is 8.59. The predicted molar refractivity (Wildman–Crippen MR) is 182 cm³/mol. The Morgan fingerprint density at radius 2 is 1.33 bits per heavy atom. The summed E-state index contributed by atoms with van der Waals surface area (Å²) in [5.41, 5.74) is 8.53. The SMILES string of the molecule is CN1CN(c2ccnc(Oc3ccc4c5ccccc5n(-c5nc6ccccc6n5-c5ccccc5)c4c3)c2)c2ccccc21. The number of nitrogens with zero attached hydrogens (tertiary/aromatic N) is 6. The van der Waals surface area contributed by atoms with Crippen LogP contribution in [-0.4, -0.2) is 32.8 Å². The summed E-state index contributed by atoms with van der Waals surface area (Å²) >= 11 is 0. The minimum atomic E-state index is 0.540. The Hall–Kier alpha value is -6.08. The lowest BCUT2D eigenvalue weighted by atomic mass is 10.1. The number of pyridine rings is 1. The van der Waals surface area contributed by atoms with Gasteiger partial charge in [-0.1, -0.05) is 60.7 Å². The molecule has 0 atom stereocenters. The van der Waals surface area contributed by atoms with Gasteiger partial charge in [0.1, 0.15) is 5.75 Å². The summed E-state index contributed by atoms with van der Waals surface area (Å²) in [6.45, 7) is 0.761. The maximum atomic E-state index is 6.47. The standard InChI is InChI=1S/C38H28N6O/c1-41-25-42(35-18-10-9-17-34(35)41)27-21-22-39-37(23-27)45-28-19-20-30-29-13-5-7-15-32(29)44(36(30)24-28)38-40-31-14-6-8-16-33(31)43(38)26-11-3-2-4-12-26/h2-24H,25H2,1H3. The number of fused-ring (bicyclic) bond motifs is 5. The Labute approximate surface area is 259 Å². The van der Waals surface area contributed by atoms with Gasteiger partial charge >= 0.3 is 0 Å². The number of para-hydroxylation sites is 6. The molecule has 5 aromatic carbocycles. The molecule has 0 unspecified atom stereocenters. The van der Waals surface area contributed by atoms with Crippen LogP contribution in [0, 0.1) is 0 Å². The van der Waals surface area contributed by atoms with E-state index in [2.05, 4.69) is 134 Å². The number of imidazole rings is 1. The smallest absolute Gasteiger partial charge is 0.221 e. The van der Waals surface area contributed by atoms with Crippen LogP contribution in [-0.2, 0) is 0 Å². The van der Waals surface area contributed by atoms with Crippen LogP contribution in [0.2, 0.25) is 0 Å². The Bertz CT molecular complexity index is 2370. The van der Waals surface area contributed by atoms with E-state index >= 15 is 0 Å². The van der Waals surface area contributed by atoms with Gasteiger partial charge in [0.25, 0.3) is 0 Å². The van der Waals surface area contributed by atoms with Crippen LogP contribution in [0.3, 0.4) is 0 Å². The van der Waals surface area contributed by atoms with E-state index in [4.69, 9.17) is 9.72 Å². The van der Waals surface area contributed by atoms with Gasteiger partial charge in [0.2, 0.25) is 11.8 Å². The van der Waals surface area contributed by atoms with Crippen LogP contribution < -0.4 is 14.5 Å². The number of rotatable bonds is 5. The largest absolute Gasteiger partial charge is 0.439 e. The molecule has 7 heteroatoms. The molecule has 3 aromatic heterocycles. The molecule has 216 valence electrons. The van der Waals surface area contributed by atoms with E-state index in [1.165, 1.54) is 11.4 Å². The predicted octanol–water partition coefficient (Wildman–Crippen LogP) is 8.86. The fraction of sp³-hybridized carbons (Fsp3) is 0.0526. The van der Waals surface area contributed by atoms with Crippen LogP contribution in [0.5, 0.6) is 11.6 Å². The summed E-state index contributed by atoms with van der Waals surface area (Å²) < 4.78 is 10.9. The van der Waals surface area contributed by atoms with E-state index < -0.39 is 0 Å². The molecule has 0 saturated heterocycles. The average Bonchev–Trinajstić information content (AvgIpc) is 3.74. The van der Waals surface area contributed by atoms with Gasteiger partial charge in [-0.3, -0.25) is 9.13 Å². The second-order valence-corrected chi connectivity index (χ2v) is 11.3. The third kappa shape index (κ3) is 4.05. The summed E-state index contributed by atoms with van der Waals surface area (Å²) in [7, 11) is 2.11. The van der Waals surface area contributed by atoms with E-state index in [9.17, 15) is 0 Å². The molecule has 1 aliphatic rings. The first kappa shape index (κ1) is 25.4. The zero-order valence-electron chi connectivity index (χ0n) is 24.6. The fourth-order valence-electron chi connectivity index (χ4n) is 6.57. The summed E-state index contributed by atoms with van der Waals surface area (Å²) in [6, 6.07) is 45.9. The number of ether oxygens (including phenoxy) is 1. The number of anilines is 3. The van der Waals surface area contributed by atoms with Gasteiger partial charge in [0.05, 0.1) is 40.1 Å². The van der Waals surface area contributed by atoms with Crippen molar-refractivity contribution in [2.24, 2.45) is 0 Å². The molecule has 0 amide bonds. The molecule has 45 heavy (non-hydrogen) atoms. The first-order chi connectivity index (χ1) is 22.2. The normalized spacial score (nSPS) is 12.8. The molecule has 1 aliphatic heterocycles. The minimum absolute atomic E-state index is 0.540. The quantitative estimate of drug-likeness (QED) is 0.202. The van der Waals surface area contributed by atoms with Gasteiger partial charge in [-0.15, -0.1) is 0 Å². The molecule has 0 radical (unpaired) electrons.